The summed E-state index contributed by atoms with van der Waals surface area (Å²) in [7, 11) is 0. The molecule has 0 radical (unpaired) electrons. The van der Waals surface area contributed by atoms with Gasteiger partial charge >= 0.3 is 5.97 Å². The van der Waals surface area contributed by atoms with Crippen molar-refractivity contribution in [1.29, 1.82) is 0 Å². The van der Waals surface area contributed by atoms with Crippen LogP contribution in [0.2, 0.25) is 0 Å². The van der Waals surface area contributed by atoms with Gasteiger partial charge in [0.1, 0.15) is 5.58 Å². The molecule has 2 aromatic rings. The van der Waals surface area contributed by atoms with Crippen LogP contribution < -0.4 is 5.43 Å². The first-order valence-electron chi connectivity index (χ1n) is 4.36. The van der Waals surface area contributed by atoms with E-state index in [1.807, 2.05) is 0 Å². The Labute approximate surface area is 84.8 Å². The molecule has 15 heavy (non-hydrogen) atoms. The molecule has 4 heteroatoms. The number of carbonyl (C=O) groups is 1. The second-order valence-electron chi connectivity index (χ2n) is 3.23. The van der Waals surface area contributed by atoms with Crippen LogP contribution >= 0.6 is 0 Å². The van der Waals surface area contributed by atoms with Crippen LogP contribution in [-0.2, 0) is 0 Å². The van der Waals surface area contributed by atoms with E-state index in [9.17, 15) is 9.59 Å². The molecule has 0 aliphatic rings. The summed E-state index contributed by atoms with van der Waals surface area (Å²) in [4.78, 5) is 22.2. The lowest BCUT2D eigenvalue weighted by atomic mass is 10.1. The van der Waals surface area contributed by atoms with Crippen molar-refractivity contribution in [3.8, 4) is 0 Å². The van der Waals surface area contributed by atoms with Crippen molar-refractivity contribution in [1.82, 2.24) is 0 Å². The second-order valence-corrected chi connectivity index (χ2v) is 3.23. The Hall–Kier alpha value is -2.10. The van der Waals surface area contributed by atoms with Gasteiger partial charge < -0.3 is 9.52 Å². The Morgan fingerprint density at radius 3 is 2.80 bits per heavy atom. The van der Waals surface area contributed by atoms with Gasteiger partial charge in [-0.3, -0.25) is 4.79 Å². The zero-order valence-electron chi connectivity index (χ0n) is 7.98. The van der Waals surface area contributed by atoms with Crippen LogP contribution in [0.5, 0.6) is 0 Å². The first kappa shape index (κ1) is 9.45. The number of hydrogen-bond acceptors (Lipinski definition) is 3. The Bertz CT molecular complexity index is 595. The van der Waals surface area contributed by atoms with E-state index >= 15 is 0 Å². The van der Waals surface area contributed by atoms with Crippen molar-refractivity contribution >= 4 is 16.9 Å². The van der Waals surface area contributed by atoms with Crippen LogP contribution in [0.15, 0.2) is 33.5 Å². The fraction of sp³-hybridized carbons (Fsp3) is 0.0909. The number of para-hydroxylation sites is 1. The van der Waals surface area contributed by atoms with Crippen molar-refractivity contribution in [3.05, 3.63) is 45.8 Å². The van der Waals surface area contributed by atoms with Crippen LogP contribution in [0.25, 0.3) is 11.0 Å². The van der Waals surface area contributed by atoms with Gasteiger partial charge in [0.05, 0.1) is 5.39 Å². The first-order chi connectivity index (χ1) is 7.09. The molecule has 0 bridgehead atoms. The molecule has 76 valence electrons. The highest BCUT2D eigenvalue weighted by Crippen LogP contribution is 2.16. The van der Waals surface area contributed by atoms with Gasteiger partial charge in [-0.2, -0.15) is 0 Å². The van der Waals surface area contributed by atoms with Crippen LogP contribution in [-0.4, -0.2) is 11.1 Å². The number of fused-ring (bicyclic) bond motifs is 1. The van der Waals surface area contributed by atoms with E-state index in [0.717, 1.165) is 11.6 Å². The highest BCUT2D eigenvalue weighted by molar-refractivity contribution is 5.88. The van der Waals surface area contributed by atoms with E-state index < -0.39 is 5.97 Å². The van der Waals surface area contributed by atoms with Crippen LogP contribution in [0.3, 0.4) is 0 Å². The largest absolute Gasteiger partial charge is 0.475 e. The molecule has 0 aliphatic heterocycles. The van der Waals surface area contributed by atoms with Crippen molar-refractivity contribution in [3.63, 3.8) is 0 Å². The van der Waals surface area contributed by atoms with Crippen molar-refractivity contribution < 1.29 is 14.3 Å². The molecule has 1 heterocycles. The van der Waals surface area contributed by atoms with Gasteiger partial charge in [0.25, 0.3) is 0 Å². The molecular formula is C11H8O4. The molecule has 0 atom stereocenters. The third-order valence-corrected chi connectivity index (χ3v) is 2.16. The normalized spacial score (nSPS) is 10.5. The molecule has 0 saturated heterocycles. The maximum atomic E-state index is 11.5. The van der Waals surface area contributed by atoms with Gasteiger partial charge in [0.2, 0.25) is 5.76 Å². The molecule has 2 rings (SSSR count). The molecule has 0 spiro atoms. The van der Waals surface area contributed by atoms with Gasteiger partial charge in [0, 0.05) is 6.07 Å². The minimum Gasteiger partial charge on any atom is -0.475 e. The molecule has 0 unspecified atom stereocenters. The third-order valence-electron chi connectivity index (χ3n) is 2.16. The third kappa shape index (κ3) is 1.50. The van der Waals surface area contributed by atoms with E-state index in [0.29, 0.717) is 11.0 Å². The summed E-state index contributed by atoms with van der Waals surface area (Å²) in [5, 5.41) is 9.13. The Kier molecular flexibility index (Phi) is 2.04. The topological polar surface area (TPSA) is 67.5 Å². The van der Waals surface area contributed by atoms with Gasteiger partial charge in [-0.15, -0.1) is 0 Å². The predicted molar refractivity (Wildman–Crippen MR) is 54.2 cm³/mol. The molecule has 1 aromatic carbocycles. The van der Waals surface area contributed by atoms with Crippen LogP contribution in [0.4, 0.5) is 0 Å². The molecule has 0 aliphatic carbocycles. The van der Waals surface area contributed by atoms with Crippen LogP contribution in [0.1, 0.15) is 16.1 Å². The summed E-state index contributed by atoms with van der Waals surface area (Å²) in [6.07, 6.45) is 0. The molecule has 0 fully saturated rings. The maximum absolute atomic E-state index is 11.5. The lowest BCUT2D eigenvalue weighted by Crippen LogP contribution is -2.06. The highest BCUT2D eigenvalue weighted by atomic mass is 16.4. The van der Waals surface area contributed by atoms with E-state index in [1.165, 1.54) is 0 Å². The van der Waals surface area contributed by atoms with Gasteiger partial charge in [0.15, 0.2) is 5.43 Å². The maximum Gasteiger partial charge on any atom is 0.371 e. The average molecular weight is 204 g/mol. The number of aryl methyl sites for hydroxylation is 1. The number of rotatable bonds is 1. The van der Waals surface area contributed by atoms with E-state index in [2.05, 4.69) is 0 Å². The Morgan fingerprint density at radius 2 is 2.13 bits per heavy atom. The van der Waals surface area contributed by atoms with Gasteiger partial charge in [-0.1, -0.05) is 12.1 Å². The standard InChI is InChI=1S/C11H8O4/c1-6-3-2-4-7-8(12)5-9(11(13)14)15-10(6)7/h2-5H,1H3,(H,13,14). The molecule has 0 saturated carbocycles. The fourth-order valence-electron chi connectivity index (χ4n) is 1.42. The summed E-state index contributed by atoms with van der Waals surface area (Å²) in [5.74, 6) is -1.57. The van der Waals surface area contributed by atoms with E-state index in [-0.39, 0.29) is 11.2 Å². The lowest BCUT2D eigenvalue weighted by Gasteiger charge is -2.01. The van der Waals surface area contributed by atoms with E-state index in [4.69, 9.17) is 9.52 Å². The molecular weight excluding hydrogens is 196 g/mol. The number of benzene rings is 1. The summed E-state index contributed by atoms with van der Waals surface area (Å²) in [6.45, 7) is 1.76. The van der Waals surface area contributed by atoms with Crippen LogP contribution in [0, 0.1) is 6.92 Å². The number of carboxylic acids is 1. The second kappa shape index (κ2) is 3.24. The quantitative estimate of drug-likeness (QED) is 0.769. The zero-order chi connectivity index (χ0) is 11.0. The van der Waals surface area contributed by atoms with E-state index in [1.54, 1.807) is 25.1 Å². The highest BCUT2D eigenvalue weighted by Gasteiger charge is 2.11. The van der Waals surface area contributed by atoms with Gasteiger partial charge in [-0.05, 0) is 18.6 Å². The number of hydrogen-bond donors (Lipinski definition) is 1. The van der Waals surface area contributed by atoms with Crippen molar-refractivity contribution in [2.75, 3.05) is 0 Å². The molecule has 0 amide bonds. The Morgan fingerprint density at radius 1 is 1.40 bits per heavy atom. The summed E-state index contributed by atoms with van der Waals surface area (Å²) < 4.78 is 5.14. The minimum absolute atomic E-state index is 0.332. The average Bonchev–Trinajstić information content (AvgIpc) is 2.19. The lowest BCUT2D eigenvalue weighted by molar-refractivity contribution is 0.0663. The fourth-order valence-corrected chi connectivity index (χ4v) is 1.42. The number of carboxylic acid groups (broad SMARTS) is 1. The minimum atomic E-state index is -1.24. The predicted octanol–water partition coefficient (Wildman–Crippen LogP) is 1.80. The van der Waals surface area contributed by atoms with Gasteiger partial charge in [-0.25, -0.2) is 4.79 Å². The summed E-state index contributed by atoms with van der Waals surface area (Å²) in [5.41, 5.74) is 0.743. The molecule has 4 nitrogen and oxygen atoms in total. The van der Waals surface area contributed by atoms with Crippen molar-refractivity contribution in [2.24, 2.45) is 0 Å². The zero-order valence-corrected chi connectivity index (χ0v) is 7.98. The monoisotopic (exact) mass is 204 g/mol. The molecule has 1 aromatic heterocycles. The Balaban J connectivity index is 2.92. The summed E-state index contributed by atoms with van der Waals surface area (Å²) in [6, 6.07) is 6.09. The SMILES string of the molecule is Cc1cccc2c(=O)cc(C(=O)O)oc12. The smallest absolute Gasteiger partial charge is 0.371 e. The first-order valence-corrected chi connectivity index (χ1v) is 4.36. The van der Waals surface area contributed by atoms with Crippen molar-refractivity contribution in [2.45, 2.75) is 6.92 Å². The summed E-state index contributed by atoms with van der Waals surface area (Å²) >= 11 is 0. The number of aromatic carboxylic acids is 1. The molecule has 1 N–H and O–H groups in total.